The van der Waals surface area contributed by atoms with Gasteiger partial charge in [0.15, 0.2) is 5.69 Å². The summed E-state index contributed by atoms with van der Waals surface area (Å²) in [4.78, 5) is 18.2. The Morgan fingerprint density at radius 3 is 2.57 bits per heavy atom. The number of nitrogens with two attached hydrogens (primary N) is 1. The zero-order valence-electron chi connectivity index (χ0n) is 11.2. The van der Waals surface area contributed by atoms with Crippen LogP contribution in [0.5, 0.6) is 11.5 Å². The van der Waals surface area contributed by atoms with Crippen molar-refractivity contribution in [3.05, 3.63) is 33.0 Å². The molecule has 8 nitrogen and oxygen atoms in total. The Morgan fingerprint density at radius 1 is 1.29 bits per heavy atom. The lowest BCUT2D eigenvalue weighted by Gasteiger charge is -2.13. The minimum Gasteiger partial charge on any atom is -0.495 e. The second kappa shape index (κ2) is 5.92. The molecule has 0 saturated heterocycles. The number of benzene rings is 1. The summed E-state index contributed by atoms with van der Waals surface area (Å²) in [5.74, 6) is 0.676. The van der Waals surface area contributed by atoms with E-state index in [0.717, 1.165) is 6.33 Å². The van der Waals surface area contributed by atoms with Crippen LogP contribution in [0.4, 0.5) is 11.5 Å². The van der Waals surface area contributed by atoms with Crippen LogP contribution in [0, 0.1) is 10.1 Å². The fraction of sp³-hybridized carbons (Fsp3) is 0.167. The monoisotopic (exact) mass is 354 g/mol. The van der Waals surface area contributed by atoms with E-state index >= 15 is 0 Å². The van der Waals surface area contributed by atoms with Crippen LogP contribution in [-0.4, -0.2) is 29.1 Å². The fourth-order valence-corrected chi connectivity index (χ4v) is 2.52. The molecule has 0 amide bonds. The topological polar surface area (TPSA) is 113 Å². The Balaban J connectivity index is 2.77. The Kier molecular flexibility index (Phi) is 4.22. The van der Waals surface area contributed by atoms with Gasteiger partial charge in [0.1, 0.15) is 22.3 Å². The quantitative estimate of drug-likeness (QED) is 0.662. The predicted octanol–water partition coefficient (Wildman–Crippen LogP) is 2.41. The normalized spacial score (nSPS) is 10.2. The van der Waals surface area contributed by atoms with Gasteiger partial charge in [-0.05, 0) is 28.1 Å². The van der Waals surface area contributed by atoms with Crippen LogP contribution in [0.1, 0.15) is 0 Å². The Labute approximate surface area is 128 Å². The summed E-state index contributed by atoms with van der Waals surface area (Å²) in [6, 6.07) is 3.25. The van der Waals surface area contributed by atoms with E-state index in [-0.39, 0.29) is 17.2 Å². The number of halogens is 1. The minimum atomic E-state index is -0.623. The van der Waals surface area contributed by atoms with Gasteiger partial charge in [0.2, 0.25) is 5.82 Å². The maximum absolute atomic E-state index is 11.2. The number of hydrogen-bond donors (Lipinski definition) is 1. The lowest BCUT2D eigenvalue weighted by Crippen LogP contribution is -2.03. The number of nitrogen functional groups attached to an aromatic ring is 1. The molecule has 110 valence electrons. The summed E-state index contributed by atoms with van der Waals surface area (Å²) >= 11 is 3.34. The molecule has 9 heteroatoms. The Morgan fingerprint density at radius 2 is 2.00 bits per heavy atom. The van der Waals surface area contributed by atoms with Crippen molar-refractivity contribution in [3.8, 4) is 22.8 Å². The van der Waals surface area contributed by atoms with E-state index < -0.39 is 4.92 Å². The molecule has 1 aromatic heterocycles. The van der Waals surface area contributed by atoms with Crippen molar-refractivity contribution < 1.29 is 14.4 Å². The molecule has 0 spiro atoms. The van der Waals surface area contributed by atoms with Crippen LogP contribution in [0.25, 0.3) is 11.3 Å². The van der Waals surface area contributed by atoms with E-state index in [0.29, 0.717) is 21.5 Å². The van der Waals surface area contributed by atoms with Crippen molar-refractivity contribution in [2.45, 2.75) is 0 Å². The summed E-state index contributed by atoms with van der Waals surface area (Å²) in [6.07, 6.45) is 1.16. The third kappa shape index (κ3) is 2.59. The van der Waals surface area contributed by atoms with Gasteiger partial charge >= 0.3 is 5.69 Å². The lowest BCUT2D eigenvalue weighted by atomic mass is 10.1. The standard InChI is InChI=1S/C12H11BrN4O4/c1-20-7-4-3-6(11(21-2)8(7)13)9-10(17(18)19)12(14)16-5-15-9/h3-5H,1-2H3,(H2,14,15,16). The number of anilines is 1. The van der Waals surface area contributed by atoms with Crippen molar-refractivity contribution in [3.63, 3.8) is 0 Å². The zero-order valence-corrected chi connectivity index (χ0v) is 12.7. The third-order valence-electron chi connectivity index (χ3n) is 2.77. The van der Waals surface area contributed by atoms with E-state index in [9.17, 15) is 10.1 Å². The van der Waals surface area contributed by atoms with Crippen molar-refractivity contribution in [1.29, 1.82) is 0 Å². The molecule has 0 aliphatic heterocycles. The highest BCUT2D eigenvalue weighted by Gasteiger charge is 2.26. The second-order valence-corrected chi connectivity index (χ2v) is 4.67. The van der Waals surface area contributed by atoms with Gasteiger partial charge in [-0.3, -0.25) is 10.1 Å². The molecule has 0 saturated carbocycles. The molecule has 21 heavy (non-hydrogen) atoms. The molecule has 0 unspecified atom stereocenters. The molecule has 1 heterocycles. The highest BCUT2D eigenvalue weighted by Crippen LogP contribution is 2.44. The highest BCUT2D eigenvalue weighted by atomic mass is 79.9. The van der Waals surface area contributed by atoms with Gasteiger partial charge < -0.3 is 15.2 Å². The molecule has 2 rings (SSSR count). The van der Waals surface area contributed by atoms with Gasteiger partial charge in [-0.1, -0.05) is 0 Å². The molecule has 2 aromatic rings. The van der Waals surface area contributed by atoms with Crippen LogP contribution in [0.2, 0.25) is 0 Å². The van der Waals surface area contributed by atoms with Crippen LogP contribution < -0.4 is 15.2 Å². The summed E-state index contributed by atoms with van der Waals surface area (Å²) < 4.78 is 11.0. The Hall–Kier alpha value is -2.42. The lowest BCUT2D eigenvalue weighted by molar-refractivity contribution is -0.383. The van der Waals surface area contributed by atoms with Crippen LogP contribution >= 0.6 is 15.9 Å². The van der Waals surface area contributed by atoms with Gasteiger partial charge in [-0.2, -0.15) is 0 Å². The smallest absolute Gasteiger partial charge is 0.337 e. The van der Waals surface area contributed by atoms with Crippen molar-refractivity contribution in [2.24, 2.45) is 0 Å². The number of nitrogens with zero attached hydrogens (tertiary/aromatic N) is 3. The van der Waals surface area contributed by atoms with E-state index in [1.807, 2.05) is 0 Å². The number of hydrogen-bond acceptors (Lipinski definition) is 7. The molecule has 0 atom stereocenters. The number of rotatable bonds is 4. The molecule has 0 radical (unpaired) electrons. The van der Waals surface area contributed by atoms with E-state index in [1.54, 1.807) is 12.1 Å². The largest absolute Gasteiger partial charge is 0.495 e. The average Bonchev–Trinajstić information content (AvgIpc) is 2.46. The van der Waals surface area contributed by atoms with Crippen molar-refractivity contribution >= 4 is 27.4 Å². The van der Waals surface area contributed by atoms with Crippen molar-refractivity contribution in [1.82, 2.24) is 9.97 Å². The van der Waals surface area contributed by atoms with Crippen LogP contribution in [0.15, 0.2) is 22.9 Å². The molecule has 0 aliphatic carbocycles. The van der Waals surface area contributed by atoms with Gasteiger partial charge in [-0.15, -0.1) is 0 Å². The third-order valence-corrected chi connectivity index (χ3v) is 3.52. The van der Waals surface area contributed by atoms with Crippen LogP contribution in [0.3, 0.4) is 0 Å². The van der Waals surface area contributed by atoms with Gasteiger partial charge in [0.25, 0.3) is 0 Å². The number of methoxy groups -OCH3 is 2. The summed E-state index contributed by atoms with van der Waals surface area (Å²) in [6.45, 7) is 0. The molecule has 0 bridgehead atoms. The number of aromatic nitrogens is 2. The minimum absolute atomic E-state index is 0.0766. The average molecular weight is 355 g/mol. The summed E-state index contributed by atoms with van der Waals surface area (Å²) in [7, 11) is 2.95. The first-order chi connectivity index (χ1) is 10.0. The van der Waals surface area contributed by atoms with Crippen molar-refractivity contribution in [2.75, 3.05) is 20.0 Å². The van der Waals surface area contributed by atoms with Gasteiger partial charge in [0.05, 0.1) is 24.7 Å². The summed E-state index contributed by atoms with van der Waals surface area (Å²) in [5.41, 5.74) is 5.69. The maximum atomic E-state index is 11.2. The first kappa shape index (κ1) is 15.0. The van der Waals surface area contributed by atoms with Gasteiger partial charge in [-0.25, -0.2) is 9.97 Å². The second-order valence-electron chi connectivity index (χ2n) is 3.88. The maximum Gasteiger partial charge on any atom is 0.337 e. The molecule has 2 N–H and O–H groups in total. The molecule has 1 aromatic carbocycles. The number of nitro groups is 1. The number of ether oxygens (including phenoxy) is 2. The summed E-state index contributed by atoms with van der Waals surface area (Å²) in [5, 5.41) is 11.2. The Bertz CT molecular complexity index is 708. The molecular formula is C12H11BrN4O4. The molecule has 0 aliphatic rings. The highest BCUT2D eigenvalue weighted by molar-refractivity contribution is 9.10. The van der Waals surface area contributed by atoms with Crippen LogP contribution in [-0.2, 0) is 0 Å². The van der Waals surface area contributed by atoms with Gasteiger partial charge in [0, 0.05) is 0 Å². The fourth-order valence-electron chi connectivity index (χ4n) is 1.85. The predicted molar refractivity (Wildman–Crippen MR) is 79.3 cm³/mol. The van der Waals surface area contributed by atoms with E-state index in [1.165, 1.54) is 14.2 Å². The zero-order chi connectivity index (χ0) is 15.6. The molecule has 0 fully saturated rings. The SMILES string of the molecule is COc1ccc(-c2ncnc(N)c2[N+](=O)[O-])c(OC)c1Br. The molecular weight excluding hydrogens is 344 g/mol. The first-order valence-electron chi connectivity index (χ1n) is 5.67. The first-order valence-corrected chi connectivity index (χ1v) is 6.46. The van der Waals surface area contributed by atoms with E-state index in [4.69, 9.17) is 15.2 Å². The van der Waals surface area contributed by atoms with E-state index in [2.05, 4.69) is 25.9 Å².